The third-order valence-corrected chi connectivity index (χ3v) is 5.64. The summed E-state index contributed by atoms with van der Waals surface area (Å²) in [5.74, 6) is 0. The molecular weight excluding hydrogens is 324 g/mol. The van der Waals surface area contributed by atoms with E-state index >= 15 is 0 Å². The lowest BCUT2D eigenvalue weighted by Crippen LogP contribution is -2.48. The van der Waals surface area contributed by atoms with Crippen LogP contribution in [0, 0.1) is 0 Å². The molecule has 4 heterocycles. The Morgan fingerprint density at radius 3 is 3.08 bits per heavy atom. The maximum Gasteiger partial charge on any atom is 0.317 e. The molecule has 2 amide bonds. The zero-order chi connectivity index (χ0) is 16.5. The van der Waals surface area contributed by atoms with Gasteiger partial charge in [0.1, 0.15) is 5.01 Å². The monoisotopic (exact) mass is 346 g/mol. The highest BCUT2D eigenvalue weighted by Gasteiger charge is 2.31. The van der Waals surface area contributed by atoms with E-state index in [0.29, 0.717) is 6.04 Å². The average Bonchev–Trinajstić information content (AvgIpc) is 3.29. The van der Waals surface area contributed by atoms with Crippen LogP contribution in [0.3, 0.4) is 0 Å². The second-order valence-corrected chi connectivity index (χ2v) is 7.36. The van der Waals surface area contributed by atoms with Gasteiger partial charge in [-0.05, 0) is 19.4 Å². The molecule has 4 rings (SSSR count). The Bertz CT molecular complexity index is 726. The molecule has 2 fully saturated rings. The standard InChI is InChI=1S/C16H22N6OS/c1-20-8-12(7-18-20)15-19-13(11-24-15)9-21-5-2-3-14(10-21)22-6-4-17-16(22)23/h7-8,11,14H,2-6,9-10H2,1H3,(H,17,23)/t14-/m1/s1. The van der Waals surface area contributed by atoms with Crippen LogP contribution in [-0.4, -0.2) is 62.8 Å². The molecule has 1 atom stereocenters. The Labute approximate surface area is 145 Å². The van der Waals surface area contributed by atoms with Crippen LogP contribution in [0.2, 0.25) is 0 Å². The zero-order valence-corrected chi connectivity index (χ0v) is 14.6. The minimum Gasteiger partial charge on any atom is -0.336 e. The van der Waals surface area contributed by atoms with Crippen molar-refractivity contribution < 1.29 is 4.79 Å². The van der Waals surface area contributed by atoms with E-state index in [4.69, 9.17) is 4.98 Å². The molecule has 0 spiro atoms. The fraction of sp³-hybridized carbons (Fsp3) is 0.562. The zero-order valence-electron chi connectivity index (χ0n) is 13.8. The first-order valence-electron chi connectivity index (χ1n) is 8.39. The number of thiazole rings is 1. The normalized spacial score (nSPS) is 22.1. The lowest BCUT2D eigenvalue weighted by Gasteiger charge is -2.36. The molecule has 1 N–H and O–H groups in total. The van der Waals surface area contributed by atoms with Crippen LogP contribution in [-0.2, 0) is 13.6 Å². The Kier molecular flexibility index (Phi) is 4.24. The SMILES string of the molecule is Cn1cc(-c2nc(CN3CCC[C@@H](N4CCNC4=O)C3)cs2)cn1. The molecule has 2 aliphatic heterocycles. The topological polar surface area (TPSA) is 66.3 Å². The van der Waals surface area contributed by atoms with Crippen LogP contribution in [0.15, 0.2) is 17.8 Å². The third-order valence-electron chi connectivity index (χ3n) is 4.70. The summed E-state index contributed by atoms with van der Waals surface area (Å²) in [4.78, 5) is 21.0. The Morgan fingerprint density at radius 2 is 2.33 bits per heavy atom. The van der Waals surface area contributed by atoms with E-state index in [1.807, 2.05) is 24.3 Å². The van der Waals surface area contributed by atoms with Gasteiger partial charge in [0.25, 0.3) is 0 Å². The van der Waals surface area contributed by atoms with Gasteiger partial charge in [-0.15, -0.1) is 11.3 Å². The van der Waals surface area contributed by atoms with Crippen molar-refractivity contribution in [3.05, 3.63) is 23.5 Å². The lowest BCUT2D eigenvalue weighted by molar-refractivity contribution is 0.121. The fourth-order valence-corrected chi connectivity index (χ4v) is 4.32. The summed E-state index contributed by atoms with van der Waals surface area (Å²) in [5.41, 5.74) is 2.17. The highest BCUT2D eigenvalue weighted by molar-refractivity contribution is 7.13. The van der Waals surface area contributed by atoms with E-state index in [1.165, 1.54) is 0 Å². The van der Waals surface area contributed by atoms with Crippen LogP contribution in [0.5, 0.6) is 0 Å². The molecule has 0 aromatic carbocycles. The summed E-state index contributed by atoms with van der Waals surface area (Å²) in [5, 5.41) is 10.3. The van der Waals surface area contributed by atoms with Gasteiger partial charge in [-0.25, -0.2) is 9.78 Å². The molecule has 0 unspecified atom stereocenters. The van der Waals surface area contributed by atoms with Crippen LogP contribution in [0.25, 0.3) is 10.6 Å². The predicted molar refractivity (Wildman–Crippen MR) is 92.7 cm³/mol. The fourth-order valence-electron chi connectivity index (χ4n) is 3.54. The van der Waals surface area contributed by atoms with E-state index in [1.54, 1.807) is 16.0 Å². The minimum atomic E-state index is 0.0920. The molecule has 8 heteroatoms. The molecule has 7 nitrogen and oxygen atoms in total. The van der Waals surface area contributed by atoms with E-state index in [-0.39, 0.29) is 6.03 Å². The molecule has 2 aromatic heterocycles. The third kappa shape index (κ3) is 3.16. The predicted octanol–water partition coefficient (Wildman–Crippen LogP) is 1.53. The van der Waals surface area contributed by atoms with E-state index in [2.05, 4.69) is 20.7 Å². The van der Waals surface area contributed by atoms with E-state index in [9.17, 15) is 4.79 Å². The smallest absolute Gasteiger partial charge is 0.317 e. The van der Waals surface area contributed by atoms with Gasteiger partial charge in [0.05, 0.1) is 11.9 Å². The van der Waals surface area contributed by atoms with Crippen LogP contribution >= 0.6 is 11.3 Å². The number of piperidine rings is 1. The number of nitrogens with one attached hydrogen (secondary N) is 1. The quantitative estimate of drug-likeness (QED) is 0.912. The first kappa shape index (κ1) is 15.6. The number of nitrogens with zero attached hydrogens (tertiary/aromatic N) is 5. The molecule has 2 saturated heterocycles. The van der Waals surface area contributed by atoms with Crippen molar-refractivity contribution in [2.75, 3.05) is 26.2 Å². The van der Waals surface area contributed by atoms with Crippen molar-refractivity contribution in [1.82, 2.24) is 29.9 Å². The second-order valence-electron chi connectivity index (χ2n) is 6.50. The molecular formula is C16H22N6OS. The summed E-state index contributed by atoms with van der Waals surface area (Å²) in [6.07, 6.45) is 6.08. The van der Waals surface area contributed by atoms with Crippen molar-refractivity contribution >= 4 is 17.4 Å². The number of amides is 2. The van der Waals surface area contributed by atoms with Crippen molar-refractivity contribution in [2.24, 2.45) is 7.05 Å². The Hall–Kier alpha value is -1.93. The molecule has 0 aliphatic carbocycles. The highest BCUT2D eigenvalue weighted by atomic mass is 32.1. The molecule has 0 bridgehead atoms. The van der Waals surface area contributed by atoms with Crippen LogP contribution in [0.4, 0.5) is 4.79 Å². The first-order valence-corrected chi connectivity index (χ1v) is 9.27. The van der Waals surface area contributed by atoms with Gasteiger partial charge in [-0.1, -0.05) is 0 Å². The average molecular weight is 346 g/mol. The number of hydrogen-bond acceptors (Lipinski definition) is 5. The number of likely N-dealkylation sites (tertiary alicyclic amines) is 1. The largest absolute Gasteiger partial charge is 0.336 e. The van der Waals surface area contributed by atoms with Gasteiger partial charge in [0.15, 0.2) is 0 Å². The van der Waals surface area contributed by atoms with Crippen LogP contribution < -0.4 is 5.32 Å². The number of aromatic nitrogens is 3. The maximum absolute atomic E-state index is 11.9. The highest BCUT2D eigenvalue weighted by Crippen LogP contribution is 2.25. The van der Waals surface area contributed by atoms with Gasteiger partial charge >= 0.3 is 6.03 Å². The van der Waals surface area contributed by atoms with Gasteiger partial charge in [-0.3, -0.25) is 9.58 Å². The Balaban J connectivity index is 1.40. The van der Waals surface area contributed by atoms with Gasteiger partial charge in [0.2, 0.25) is 0 Å². The number of carbonyl (C=O) groups is 1. The molecule has 24 heavy (non-hydrogen) atoms. The molecule has 128 valence electrons. The maximum atomic E-state index is 11.9. The number of carbonyl (C=O) groups excluding carboxylic acids is 1. The van der Waals surface area contributed by atoms with Gasteiger partial charge < -0.3 is 10.2 Å². The number of urea groups is 1. The number of hydrogen-bond donors (Lipinski definition) is 1. The first-order chi connectivity index (χ1) is 11.7. The number of rotatable bonds is 4. The van der Waals surface area contributed by atoms with E-state index in [0.717, 1.165) is 61.8 Å². The summed E-state index contributed by atoms with van der Waals surface area (Å²) >= 11 is 1.67. The minimum absolute atomic E-state index is 0.0920. The summed E-state index contributed by atoms with van der Waals surface area (Å²) < 4.78 is 1.80. The number of aryl methyl sites for hydroxylation is 1. The molecule has 2 aromatic rings. The van der Waals surface area contributed by atoms with Crippen LogP contribution in [0.1, 0.15) is 18.5 Å². The van der Waals surface area contributed by atoms with Gasteiger partial charge in [-0.2, -0.15) is 5.10 Å². The Morgan fingerprint density at radius 1 is 1.42 bits per heavy atom. The molecule has 0 saturated carbocycles. The molecule has 2 aliphatic rings. The second kappa shape index (κ2) is 6.52. The lowest BCUT2D eigenvalue weighted by atomic mass is 10.0. The van der Waals surface area contributed by atoms with Crippen molar-refractivity contribution in [1.29, 1.82) is 0 Å². The summed E-state index contributed by atoms with van der Waals surface area (Å²) in [7, 11) is 1.92. The summed E-state index contributed by atoms with van der Waals surface area (Å²) in [6.45, 7) is 4.47. The van der Waals surface area contributed by atoms with Crippen molar-refractivity contribution in [3.63, 3.8) is 0 Å². The van der Waals surface area contributed by atoms with Gasteiger partial charge in [0, 0.05) is 56.4 Å². The molecule has 0 radical (unpaired) electrons. The summed E-state index contributed by atoms with van der Waals surface area (Å²) in [6, 6.07) is 0.423. The van der Waals surface area contributed by atoms with Crippen molar-refractivity contribution in [2.45, 2.75) is 25.4 Å². The van der Waals surface area contributed by atoms with E-state index < -0.39 is 0 Å². The van der Waals surface area contributed by atoms with Crippen molar-refractivity contribution in [3.8, 4) is 10.6 Å².